The van der Waals surface area contributed by atoms with Crippen molar-refractivity contribution < 1.29 is 13.7 Å². The van der Waals surface area contributed by atoms with E-state index in [9.17, 15) is 13.7 Å². The molecule has 2 rings (SSSR count). The first-order valence-electron chi connectivity index (χ1n) is 4.83. The number of carbonyl (C=O) groups is 1. The summed E-state index contributed by atoms with van der Waals surface area (Å²) in [6, 6.07) is 3.98. The Kier molecular flexibility index (Phi) is 2.77. The zero-order valence-electron chi connectivity index (χ0n) is 8.86. The third-order valence-corrected chi connectivity index (χ3v) is 3.60. The van der Waals surface area contributed by atoms with Gasteiger partial charge in [0.25, 0.3) is 5.91 Å². The SMILES string of the molecule is CC(C)N1C(=O)c2cccc(F)c2N[S+]1[O-]. The second-order valence-corrected chi connectivity index (χ2v) is 4.83. The fourth-order valence-electron chi connectivity index (χ4n) is 1.56. The summed E-state index contributed by atoms with van der Waals surface area (Å²) < 4.78 is 28.8. The number of halogens is 1. The molecule has 0 saturated heterocycles. The zero-order chi connectivity index (χ0) is 11.9. The molecule has 1 N–H and O–H groups in total. The molecule has 1 heterocycles. The molecular weight excluding hydrogens is 231 g/mol. The first kappa shape index (κ1) is 11.2. The van der Waals surface area contributed by atoms with Crippen molar-refractivity contribution in [2.45, 2.75) is 19.9 Å². The quantitative estimate of drug-likeness (QED) is 0.762. The predicted molar refractivity (Wildman–Crippen MR) is 59.5 cm³/mol. The van der Waals surface area contributed by atoms with E-state index in [2.05, 4.69) is 4.72 Å². The monoisotopic (exact) mass is 242 g/mol. The molecule has 4 nitrogen and oxygen atoms in total. The number of benzene rings is 1. The molecule has 1 atom stereocenters. The molecule has 16 heavy (non-hydrogen) atoms. The molecule has 0 aliphatic carbocycles. The summed E-state index contributed by atoms with van der Waals surface area (Å²) in [6.07, 6.45) is 0. The largest absolute Gasteiger partial charge is 0.568 e. The molecule has 1 unspecified atom stereocenters. The van der Waals surface area contributed by atoms with E-state index in [0.717, 1.165) is 0 Å². The van der Waals surface area contributed by atoms with Crippen molar-refractivity contribution >= 4 is 23.1 Å². The molecule has 1 amide bonds. The van der Waals surface area contributed by atoms with E-state index in [-0.39, 0.29) is 17.3 Å². The standard InChI is InChI=1S/C10H11FN2O2S/c1-6(2)13-10(14)7-4-3-5-8(11)9(7)12-16(13)15/h3-6,12H,1-2H3. The summed E-state index contributed by atoms with van der Waals surface area (Å²) in [5.74, 6) is -0.982. The second kappa shape index (κ2) is 3.95. The van der Waals surface area contributed by atoms with E-state index < -0.39 is 23.3 Å². The summed E-state index contributed by atoms with van der Waals surface area (Å²) in [5, 5.41) is 0. The molecule has 6 heteroatoms. The highest BCUT2D eigenvalue weighted by Gasteiger charge is 2.38. The molecule has 1 aliphatic heterocycles. The third kappa shape index (κ3) is 1.64. The van der Waals surface area contributed by atoms with Gasteiger partial charge in [0, 0.05) is 0 Å². The maximum Gasteiger partial charge on any atom is 0.299 e. The summed E-state index contributed by atoms with van der Waals surface area (Å²) in [4.78, 5) is 11.9. The van der Waals surface area contributed by atoms with Crippen molar-refractivity contribution in [2.24, 2.45) is 0 Å². The van der Waals surface area contributed by atoms with Crippen molar-refractivity contribution in [3.63, 3.8) is 0 Å². The van der Waals surface area contributed by atoms with E-state index >= 15 is 0 Å². The highest BCUT2D eigenvalue weighted by atomic mass is 32.2. The molecule has 0 spiro atoms. The van der Waals surface area contributed by atoms with Crippen LogP contribution in [-0.2, 0) is 11.5 Å². The van der Waals surface area contributed by atoms with Crippen LogP contribution in [0.5, 0.6) is 0 Å². The van der Waals surface area contributed by atoms with Gasteiger partial charge in [0.15, 0.2) is 17.4 Å². The highest BCUT2D eigenvalue weighted by molar-refractivity contribution is 7.91. The molecule has 0 radical (unpaired) electrons. The minimum Gasteiger partial charge on any atom is -0.568 e. The lowest BCUT2D eigenvalue weighted by Crippen LogP contribution is -2.48. The van der Waals surface area contributed by atoms with E-state index in [1.807, 2.05) is 0 Å². The summed E-state index contributed by atoms with van der Waals surface area (Å²) >= 11 is -1.72. The van der Waals surface area contributed by atoms with Gasteiger partial charge in [-0.25, -0.2) is 4.39 Å². The van der Waals surface area contributed by atoms with Crippen LogP contribution in [0.15, 0.2) is 18.2 Å². The van der Waals surface area contributed by atoms with Crippen LogP contribution in [0.3, 0.4) is 0 Å². The van der Waals surface area contributed by atoms with Crippen molar-refractivity contribution in [3.8, 4) is 0 Å². The number of carbonyl (C=O) groups excluding carboxylic acids is 1. The summed E-state index contributed by atoms with van der Waals surface area (Å²) in [7, 11) is 0. The molecule has 1 aromatic carbocycles. The number of anilines is 1. The molecule has 86 valence electrons. The van der Waals surface area contributed by atoms with Gasteiger partial charge in [0.1, 0.15) is 5.69 Å². The van der Waals surface area contributed by atoms with Gasteiger partial charge in [0.2, 0.25) is 0 Å². The van der Waals surface area contributed by atoms with Gasteiger partial charge in [-0.1, -0.05) is 6.07 Å². The van der Waals surface area contributed by atoms with Gasteiger partial charge in [-0.15, -0.1) is 4.31 Å². The van der Waals surface area contributed by atoms with Gasteiger partial charge >= 0.3 is 0 Å². The Morgan fingerprint density at radius 1 is 1.50 bits per heavy atom. The average Bonchev–Trinajstić information content (AvgIpc) is 2.19. The van der Waals surface area contributed by atoms with Gasteiger partial charge < -0.3 is 4.55 Å². The molecule has 1 aromatic rings. The van der Waals surface area contributed by atoms with Crippen molar-refractivity contribution in [3.05, 3.63) is 29.6 Å². The van der Waals surface area contributed by atoms with Gasteiger partial charge in [-0.3, -0.25) is 4.79 Å². The molecule has 0 aromatic heterocycles. The average molecular weight is 242 g/mol. The minimum atomic E-state index is -1.72. The topological polar surface area (TPSA) is 55.4 Å². The summed E-state index contributed by atoms with van der Waals surface area (Å²) in [6.45, 7) is 3.50. The lowest BCUT2D eigenvalue weighted by molar-refractivity contribution is 0.0833. The number of rotatable bonds is 1. The number of nitrogens with one attached hydrogen (secondary N) is 1. The van der Waals surface area contributed by atoms with E-state index in [4.69, 9.17) is 0 Å². The van der Waals surface area contributed by atoms with Crippen LogP contribution in [0.4, 0.5) is 10.1 Å². The second-order valence-electron chi connectivity index (χ2n) is 3.74. The number of para-hydroxylation sites is 1. The Labute approximate surface area is 95.9 Å². The maximum atomic E-state index is 13.4. The van der Waals surface area contributed by atoms with Crippen LogP contribution in [0.2, 0.25) is 0 Å². The van der Waals surface area contributed by atoms with Crippen LogP contribution < -0.4 is 4.72 Å². The fraction of sp³-hybridized carbons (Fsp3) is 0.300. The Balaban J connectivity index is 2.49. The Bertz CT molecular complexity index is 439. The van der Waals surface area contributed by atoms with Crippen LogP contribution in [0.1, 0.15) is 24.2 Å². The van der Waals surface area contributed by atoms with Gasteiger partial charge in [-0.05, 0) is 26.0 Å². The van der Waals surface area contributed by atoms with Crippen LogP contribution in [-0.4, -0.2) is 20.8 Å². The number of amides is 1. The fourth-order valence-corrected chi connectivity index (χ4v) is 2.67. The van der Waals surface area contributed by atoms with Gasteiger partial charge in [0.05, 0.1) is 11.6 Å². The van der Waals surface area contributed by atoms with Crippen LogP contribution in [0, 0.1) is 5.82 Å². The van der Waals surface area contributed by atoms with E-state index in [1.54, 1.807) is 13.8 Å². The van der Waals surface area contributed by atoms with Crippen molar-refractivity contribution in [1.29, 1.82) is 0 Å². The lowest BCUT2D eigenvalue weighted by atomic mass is 10.1. The number of hydrogen-bond donors (Lipinski definition) is 1. The number of fused-ring (bicyclic) bond motifs is 1. The third-order valence-electron chi connectivity index (χ3n) is 2.28. The van der Waals surface area contributed by atoms with E-state index in [1.165, 1.54) is 22.5 Å². The maximum absolute atomic E-state index is 13.4. The Hall–Kier alpha value is -1.27. The Morgan fingerprint density at radius 2 is 2.19 bits per heavy atom. The first-order chi connectivity index (χ1) is 7.52. The minimum absolute atomic E-state index is 0.0164. The first-order valence-corrected chi connectivity index (χ1v) is 5.93. The molecule has 1 aliphatic rings. The zero-order valence-corrected chi connectivity index (χ0v) is 9.68. The lowest BCUT2D eigenvalue weighted by Gasteiger charge is -2.31. The number of hydrogen-bond acceptors (Lipinski definition) is 3. The molecular formula is C10H11FN2O2S. The Morgan fingerprint density at radius 3 is 2.81 bits per heavy atom. The van der Waals surface area contributed by atoms with E-state index in [0.29, 0.717) is 0 Å². The molecule has 0 fully saturated rings. The summed E-state index contributed by atoms with van der Waals surface area (Å²) in [5.41, 5.74) is 0.232. The predicted octanol–water partition coefficient (Wildman–Crippen LogP) is 1.68. The molecule has 0 bridgehead atoms. The van der Waals surface area contributed by atoms with Crippen molar-refractivity contribution in [2.75, 3.05) is 4.72 Å². The highest BCUT2D eigenvalue weighted by Crippen LogP contribution is 2.29. The molecule has 0 saturated carbocycles. The smallest absolute Gasteiger partial charge is 0.299 e. The number of nitrogens with zero attached hydrogens (tertiary/aromatic N) is 1. The normalized spacial score (nSPS) is 19.7. The van der Waals surface area contributed by atoms with Gasteiger partial charge in [-0.2, -0.15) is 4.72 Å². The van der Waals surface area contributed by atoms with Crippen LogP contribution >= 0.6 is 0 Å². The van der Waals surface area contributed by atoms with Crippen LogP contribution in [0.25, 0.3) is 0 Å². The van der Waals surface area contributed by atoms with Crippen molar-refractivity contribution in [1.82, 2.24) is 4.31 Å².